The predicted molar refractivity (Wildman–Crippen MR) is 232 cm³/mol. The van der Waals surface area contributed by atoms with Crippen molar-refractivity contribution in [1.29, 1.82) is 0 Å². The zero-order valence-corrected chi connectivity index (χ0v) is 35.6. The summed E-state index contributed by atoms with van der Waals surface area (Å²) in [5.74, 6) is -0.362. The number of rotatable bonds is 10. The molecule has 8 heteroatoms. The summed E-state index contributed by atoms with van der Waals surface area (Å²) in [5.41, 5.74) is 13.0. The summed E-state index contributed by atoms with van der Waals surface area (Å²) in [6, 6.07) is 42.4. The van der Waals surface area contributed by atoms with Gasteiger partial charge in [0.15, 0.2) is 0 Å². The van der Waals surface area contributed by atoms with Gasteiger partial charge in [-0.3, -0.25) is 0 Å². The average Bonchev–Trinajstić information content (AvgIpc) is 4.12. The minimum absolute atomic E-state index is 0. The Morgan fingerprint density at radius 2 is 0.932 bits per heavy atom. The van der Waals surface area contributed by atoms with E-state index in [1.807, 2.05) is 91.0 Å². The summed E-state index contributed by atoms with van der Waals surface area (Å²) in [6.45, 7) is 0.524. The van der Waals surface area contributed by atoms with Crippen LogP contribution in [0.15, 0.2) is 196 Å². The molecule has 0 saturated heterocycles. The third-order valence-electron chi connectivity index (χ3n) is 10.5. The molecule has 1 N–H and O–H groups in total. The van der Waals surface area contributed by atoms with Crippen LogP contribution in [0.5, 0.6) is 0 Å². The number of benzene rings is 4. The largest absolute Gasteiger partial charge is 2.00 e. The number of hydrogen-bond acceptors (Lipinski definition) is 6. The zero-order valence-electron chi connectivity index (χ0n) is 32.6. The second-order valence-corrected chi connectivity index (χ2v) is 14.3. The van der Waals surface area contributed by atoms with Gasteiger partial charge in [0.05, 0.1) is 40.2 Å². The van der Waals surface area contributed by atoms with Crippen LogP contribution in [0, 0.1) is 0 Å². The van der Waals surface area contributed by atoms with E-state index in [1.54, 1.807) is 12.1 Å². The van der Waals surface area contributed by atoms with Crippen LogP contribution in [0.4, 0.5) is 0 Å². The van der Waals surface area contributed by atoms with Crippen LogP contribution in [-0.2, 0) is 24.2 Å². The van der Waals surface area contributed by atoms with Crippen molar-refractivity contribution in [1.82, 2.24) is 4.98 Å². The molecule has 0 unspecified atom stereocenters. The zero-order chi connectivity index (χ0) is 39.3. The van der Waals surface area contributed by atoms with Gasteiger partial charge in [-0.1, -0.05) is 140 Å². The van der Waals surface area contributed by atoms with Gasteiger partial charge in [-0.2, -0.15) is 0 Å². The molecule has 0 atom stereocenters. The van der Waals surface area contributed by atoms with Gasteiger partial charge in [0.25, 0.3) is 0 Å². The Morgan fingerprint density at radius 3 is 1.44 bits per heavy atom. The van der Waals surface area contributed by atoms with E-state index in [-0.39, 0.29) is 32.0 Å². The second-order valence-electron chi connectivity index (χ2n) is 14.3. The van der Waals surface area contributed by atoms with E-state index in [1.165, 1.54) is 0 Å². The third kappa shape index (κ3) is 8.29. The van der Waals surface area contributed by atoms with E-state index in [4.69, 9.17) is 29.8 Å². The van der Waals surface area contributed by atoms with E-state index >= 15 is 0 Å². The number of aromatic nitrogens is 1. The number of allylic oxidation sites excluding steroid dienone is 8. The molecule has 59 heavy (non-hydrogen) atoms. The summed E-state index contributed by atoms with van der Waals surface area (Å²) in [5, 5.41) is 23.4. The third-order valence-corrected chi connectivity index (χ3v) is 10.5. The maximum Gasteiger partial charge on any atom is 2.00 e. The van der Waals surface area contributed by atoms with Crippen molar-refractivity contribution in [3.05, 3.63) is 219 Å². The van der Waals surface area contributed by atoms with Crippen LogP contribution in [0.25, 0.3) is 28.2 Å². The van der Waals surface area contributed by atoms with Gasteiger partial charge in [-0.15, -0.1) is 11.4 Å². The normalized spacial score (nSPS) is 15.4. The average molecular weight is 822 g/mol. The Kier molecular flexibility index (Phi) is 12.0. The molecule has 284 valence electrons. The molecule has 4 aromatic carbocycles. The molecular formula is C51H40N4O3Zn. The molecule has 0 aliphatic carbocycles. The summed E-state index contributed by atoms with van der Waals surface area (Å²) < 4.78 is 5.58. The first kappa shape index (κ1) is 39.4. The molecule has 5 aromatic rings. The molecule has 0 spiro atoms. The maximum atomic E-state index is 13.0. The number of fused-ring (bicyclic) bond motifs is 5. The number of ether oxygens (including phenoxy) is 1. The number of unbranched alkanes of at least 4 members (excludes halogenated alkanes) is 3. The predicted octanol–water partition coefficient (Wildman–Crippen LogP) is 7.46. The topological polar surface area (TPSA) is 104 Å². The quantitative estimate of drug-likeness (QED) is 0.117. The summed E-state index contributed by atoms with van der Waals surface area (Å²) in [7, 11) is 0. The maximum absolute atomic E-state index is 13.0. The first-order valence-corrected chi connectivity index (χ1v) is 19.7. The van der Waals surface area contributed by atoms with E-state index in [0.717, 1.165) is 115 Å². The van der Waals surface area contributed by atoms with Gasteiger partial charge >= 0.3 is 19.5 Å². The smallest absolute Gasteiger partial charge is 0.657 e. The molecule has 1 aromatic heterocycles. The van der Waals surface area contributed by atoms with Gasteiger partial charge < -0.3 is 19.9 Å². The minimum Gasteiger partial charge on any atom is -0.657 e. The van der Waals surface area contributed by atoms with Gasteiger partial charge in [-0.05, 0) is 94.2 Å². The number of hydrogen-bond donors (Lipinski definition) is 1. The van der Waals surface area contributed by atoms with E-state index in [9.17, 15) is 5.11 Å². The Labute approximate surface area is 356 Å². The first-order chi connectivity index (χ1) is 28.6. The molecule has 5 heterocycles. The molecule has 9 rings (SSSR count). The van der Waals surface area contributed by atoms with Crippen LogP contribution in [0.2, 0.25) is 0 Å². The fourth-order valence-corrected chi connectivity index (χ4v) is 7.67. The van der Waals surface area contributed by atoms with Gasteiger partial charge in [0.2, 0.25) is 0 Å². The molecule has 7 nitrogen and oxygen atoms in total. The number of aliphatic hydroxyl groups is 1. The molecule has 0 fully saturated rings. The van der Waals surface area contributed by atoms with Crippen molar-refractivity contribution >= 4 is 45.4 Å². The van der Waals surface area contributed by atoms with Crippen LogP contribution < -0.4 is 20.5 Å². The second kappa shape index (κ2) is 18.0. The number of aliphatic hydroxyl groups excluding tert-OH is 1. The van der Waals surface area contributed by atoms with E-state index < -0.39 is 0 Å². The van der Waals surface area contributed by atoms with Crippen LogP contribution in [0.1, 0.15) is 53.8 Å². The molecule has 8 bridgehead atoms. The standard InChI is InChI=1S/C51H41N4O3.Zn/c56-32-12-1-2-13-33-58-51(57)38-22-20-37(21-23-38)50-45-30-28-43(54-45)48(35-16-8-4-9-17-35)41-26-24-39(52-41)47(34-14-6-3-7-15-34)40-25-27-42(53-40)49(36-18-10-5-11-19-36)44-29-31-46(50)55-44;/h3-11,14-31,56H,1-2,12-13,32-33H2,(H-,52,53,54,55,57);/q-1;+2/p-1. The molecule has 0 saturated carbocycles. The molecule has 0 amide bonds. The van der Waals surface area contributed by atoms with Gasteiger partial charge in [0.1, 0.15) is 0 Å². The van der Waals surface area contributed by atoms with E-state index in [2.05, 4.69) is 60.7 Å². The fourth-order valence-electron chi connectivity index (χ4n) is 7.67. The Bertz CT molecular complexity index is 2780. The molecular weight excluding hydrogens is 782 g/mol. The van der Waals surface area contributed by atoms with Crippen LogP contribution >= 0.6 is 0 Å². The van der Waals surface area contributed by atoms with E-state index in [0.29, 0.717) is 11.8 Å². The Balaban J connectivity index is 0.00000484. The monoisotopic (exact) mass is 820 g/mol. The summed E-state index contributed by atoms with van der Waals surface area (Å²) in [6.07, 6.45) is 15.7. The van der Waals surface area contributed by atoms with Crippen molar-refractivity contribution in [2.45, 2.75) is 25.7 Å². The number of aliphatic imine (C=N–C) groups is 3. The number of nitrogens with zero attached hydrogens (tertiary/aromatic N) is 4. The van der Waals surface area contributed by atoms with Crippen LogP contribution in [-0.4, -0.2) is 35.5 Å². The summed E-state index contributed by atoms with van der Waals surface area (Å²) >= 11 is 0. The molecule has 0 radical (unpaired) electrons. The van der Waals surface area contributed by atoms with Crippen molar-refractivity contribution in [2.24, 2.45) is 15.0 Å². The fraction of sp³-hybridized carbons (Fsp3) is 0.118. The van der Waals surface area contributed by atoms with Crippen molar-refractivity contribution in [2.75, 3.05) is 13.2 Å². The van der Waals surface area contributed by atoms with Gasteiger partial charge in [-0.25, -0.2) is 15.0 Å². The SMILES string of the molecule is [O-]C(OCCCCCCO)=c1ccc(=C2C3=NC(=C(c4ccccc4)C4=NC(=C(c5ccccc5)C5=NC(=C(c6ccccc6)c6ccc2[n-]6)C=C5)C=C4)C=C3)cc1.[Zn+2]. The Hall–Kier alpha value is -6.47. The minimum atomic E-state index is -0.362. The van der Waals surface area contributed by atoms with Crippen molar-refractivity contribution < 1.29 is 34.4 Å². The first-order valence-electron chi connectivity index (χ1n) is 19.7. The van der Waals surface area contributed by atoms with Gasteiger partial charge in [0, 0.05) is 17.8 Å². The summed E-state index contributed by atoms with van der Waals surface area (Å²) in [4.78, 5) is 21.3. The molecule has 4 aliphatic rings. The van der Waals surface area contributed by atoms with Crippen molar-refractivity contribution in [3.8, 4) is 0 Å². The van der Waals surface area contributed by atoms with Crippen LogP contribution in [0.3, 0.4) is 0 Å². The molecule has 4 aliphatic heterocycles. The Morgan fingerprint density at radius 1 is 0.492 bits per heavy atom. The van der Waals surface area contributed by atoms with Crippen molar-refractivity contribution in [3.63, 3.8) is 0 Å².